The number of esters is 1. The molecule has 1 rings (SSSR count). The average molecular weight is 335 g/mol. The summed E-state index contributed by atoms with van der Waals surface area (Å²) < 4.78 is 10.1. The normalized spacial score (nSPS) is 12.0. The summed E-state index contributed by atoms with van der Waals surface area (Å²) in [7, 11) is 0. The number of carbonyl (C=O) groups excluding carboxylic acids is 4. The van der Waals surface area contributed by atoms with Crippen molar-refractivity contribution >= 4 is 24.1 Å². The Morgan fingerprint density at radius 3 is 2.33 bits per heavy atom. The SMILES string of the molecule is CC(C)(C)OC(=O)NC(CC(=O)C=O)C(=O)OCc1ccccc1. The zero-order chi connectivity index (χ0) is 18.2. The lowest BCUT2D eigenvalue weighted by atomic mass is 10.1. The maximum atomic E-state index is 12.1. The number of rotatable bonds is 7. The van der Waals surface area contributed by atoms with Crippen LogP contribution in [0.4, 0.5) is 4.79 Å². The minimum absolute atomic E-state index is 0.0124. The molecule has 0 spiro atoms. The van der Waals surface area contributed by atoms with Crippen LogP contribution in [-0.4, -0.2) is 35.8 Å². The molecular weight excluding hydrogens is 314 g/mol. The summed E-state index contributed by atoms with van der Waals surface area (Å²) in [5.74, 6) is -1.65. The van der Waals surface area contributed by atoms with Crippen LogP contribution in [-0.2, 0) is 30.5 Å². The molecule has 0 fully saturated rings. The summed E-state index contributed by atoms with van der Waals surface area (Å²) in [5.41, 5.74) is -0.0133. The number of benzene rings is 1. The molecule has 0 bridgehead atoms. The Hall–Kier alpha value is -2.70. The summed E-state index contributed by atoms with van der Waals surface area (Å²) in [5, 5.41) is 2.26. The summed E-state index contributed by atoms with van der Waals surface area (Å²) in [6, 6.07) is 7.63. The van der Waals surface area contributed by atoms with Crippen LogP contribution in [0.3, 0.4) is 0 Å². The summed E-state index contributed by atoms with van der Waals surface area (Å²) >= 11 is 0. The third kappa shape index (κ3) is 7.53. The van der Waals surface area contributed by atoms with Crippen LogP contribution in [0, 0.1) is 0 Å². The van der Waals surface area contributed by atoms with Crippen molar-refractivity contribution in [3.8, 4) is 0 Å². The van der Waals surface area contributed by atoms with Gasteiger partial charge in [0.05, 0.1) is 0 Å². The van der Waals surface area contributed by atoms with Gasteiger partial charge >= 0.3 is 12.1 Å². The Labute approximate surface area is 140 Å². The smallest absolute Gasteiger partial charge is 0.408 e. The van der Waals surface area contributed by atoms with E-state index in [2.05, 4.69) is 5.32 Å². The number of ether oxygens (including phenoxy) is 2. The van der Waals surface area contributed by atoms with Crippen LogP contribution in [0.1, 0.15) is 32.8 Å². The fraction of sp³-hybridized carbons (Fsp3) is 0.412. The molecule has 0 aliphatic heterocycles. The van der Waals surface area contributed by atoms with E-state index in [0.717, 1.165) is 5.56 Å². The number of aldehydes is 1. The first-order valence-corrected chi connectivity index (χ1v) is 7.39. The summed E-state index contributed by atoms with van der Waals surface area (Å²) in [6.45, 7) is 4.96. The molecule has 0 heterocycles. The number of alkyl carbamates (subject to hydrolysis) is 1. The number of nitrogens with one attached hydrogen (secondary N) is 1. The molecular formula is C17H21NO6. The lowest BCUT2D eigenvalue weighted by Gasteiger charge is -2.22. The Bertz CT molecular complexity index is 591. The summed E-state index contributed by atoms with van der Waals surface area (Å²) in [4.78, 5) is 45.7. The lowest BCUT2D eigenvalue weighted by molar-refractivity contribution is -0.149. The van der Waals surface area contributed by atoms with Gasteiger partial charge in [-0.15, -0.1) is 0 Å². The average Bonchev–Trinajstić information content (AvgIpc) is 2.51. The van der Waals surface area contributed by atoms with Gasteiger partial charge in [0.15, 0.2) is 12.1 Å². The number of hydrogen-bond donors (Lipinski definition) is 1. The Morgan fingerprint density at radius 1 is 1.17 bits per heavy atom. The van der Waals surface area contributed by atoms with Crippen LogP contribution in [0.5, 0.6) is 0 Å². The molecule has 130 valence electrons. The number of amides is 1. The third-order valence-corrected chi connectivity index (χ3v) is 2.74. The van der Waals surface area contributed by atoms with E-state index in [-0.39, 0.29) is 12.9 Å². The third-order valence-electron chi connectivity index (χ3n) is 2.74. The minimum atomic E-state index is -1.29. The van der Waals surface area contributed by atoms with E-state index >= 15 is 0 Å². The van der Waals surface area contributed by atoms with Gasteiger partial charge in [0, 0.05) is 6.42 Å². The van der Waals surface area contributed by atoms with E-state index in [0.29, 0.717) is 0 Å². The summed E-state index contributed by atoms with van der Waals surface area (Å²) in [6.07, 6.45) is -1.27. The molecule has 1 N–H and O–H groups in total. The molecule has 7 nitrogen and oxygen atoms in total. The second-order valence-corrected chi connectivity index (χ2v) is 6.08. The van der Waals surface area contributed by atoms with E-state index in [9.17, 15) is 19.2 Å². The van der Waals surface area contributed by atoms with Gasteiger partial charge in [-0.25, -0.2) is 9.59 Å². The van der Waals surface area contributed by atoms with Crippen molar-refractivity contribution in [1.82, 2.24) is 5.32 Å². The van der Waals surface area contributed by atoms with Crippen LogP contribution in [0.2, 0.25) is 0 Å². The molecule has 0 aromatic heterocycles. The monoisotopic (exact) mass is 335 g/mol. The molecule has 7 heteroatoms. The topological polar surface area (TPSA) is 98.8 Å². The second kappa shape index (κ2) is 8.81. The first-order chi connectivity index (χ1) is 11.2. The molecule has 24 heavy (non-hydrogen) atoms. The first kappa shape index (κ1) is 19.3. The van der Waals surface area contributed by atoms with E-state index in [1.54, 1.807) is 45.0 Å². The highest BCUT2D eigenvalue weighted by atomic mass is 16.6. The van der Waals surface area contributed by atoms with E-state index < -0.39 is 35.9 Å². The second-order valence-electron chi connectivity index (χ2n) is 6.08. The lowest BCUT2D eigenvalue weighted by Crippen LogP contribution is -2.45. The fourth-order valence-electron chi connectivity index (χ4n) is 1.72. The van der Waals surface area contributed by atoms with Crippen molar-refractivity contribution in [2.75, 3.05) is 0 Å². The standard InChI is InChI=1S/C17H21NO6/c1-17(2,3)24-16(22)18-14(9-13(20)10-19)15(21)23-11-12-7-5-4-6-8-12/h4-8,10,14H,9,11H2,1-3H3,(H,18,22). The van der Waals surface area contributed by atoms with Gasteiger partial charge in [-0.1, -0.05) is 30.3 Å². The van der Waals surface area contributed by atoms with E-state index in [1.165, 1.54) is 0 Å². The quantitative estimate of drug-likeness (QED) is 0.463. The molecule has 1 aromatic rings. The van der Waals surface area contributed by atoms with Gasteiger partial charge < -0.3 is 14.8 Å². The Balaban J connectivity index is 2.69. The zero-order valence-electron chi connectivity index (χ0n) is 13.9. The molecule has 1 atom stereocenters. The highest BCUT2D eigenvalue weighted by molar-refractivity contribution is 6.25. The van der Waals surface area contributed by atoms with Gasteiger partial charge in [0.1, 0.15) is 18.2 Å². The van der Waals surface area contributed by atoms with Crippen molar-refractivity contribution in [3.63, 3.8) is 0 Å². The minimum Gasteiger partial charge on any atom is -0.459 e. The van der Waals surface area contributed by atoms with Crippen molar-refractivity contribution in [1.29, 1.82) is 0 Å². The highest BCUT2D eigenvalue weighted by Crippen LogP contribution is 2.08. The largest absolute Gasteiger partial charge is 0.459 e. The Kier molecular flexibility index (Phi) is 7.10. The fourth-order valence-corrected chi connectivity index (χ4v) is 1.72. The maximum absolute atomic E-state index is 12.1. The molecule has 0 saturated heterocycles. The van der Waals surface area contributed by atoms with Gasteiger partial charge in [-0.3, -0.25) is 9.59 Å². The highest BCUT2D eigenvalue weighted by Gasteiger charge is 2.27. The predicted octanol–water partition coefficient (Wildman–Crippen LogP) is 1.78. The number of Topliss-reactive ketones (excluding diaryl/α,β-unsaturated/α-hetero) is 1. The van der Waals surface area contributed by atoms with Crippen molar-refractivity contribution < 1.29 is 28.7 Å². The molecule has 0 saturated carbocycles. The van der Waals surface area contributed by atoms with Crippen LogP contribution >= 0.6 is 0 Å². The van der Waals surface area contributed by atoms with Gasteiger partial charge in [0.25, 0.3) is 0 Å². The number of ketones is 1. The predicted molar refractivity (Wildman–Crippen MR) is 85.1 cm³/mol. The number of carbonyl (C=O) groups is 4. The van der Waals surface area contributed by atoms with Crippen LogP contribution in [0.15, 0.2) is 30.3 Å². The van der Waals surface area contributed by atoms with Crippen molar-refractivity contribution in [2.24, 2.45) is 0 Å². The maximum Gasteiger partial charge on any atom is 0.408 e. The Morgan fingerprint density at radius 2 is 1.79 bits per heavy atom. The van der Waals surface area contributed by atoms with Crippen molar-refractivity contribution in [3.05, 3.63) is 35.9 Å². The van der Waals surface area contributed by atoms with Crippen LogP contribution in [0.25, 0.3) is 0 Å². The van der Waals surface area contributed by atoms with E-state index in [1.807, 2.05) is 6.07 Å². The van der Waals surface area contributed by atoms with E-state index in [4.69, 9.17) is 9.47 Å². The molecule has 1 aromatic carbocycles. The molecule has 0 aliphatic carbocycles. The van der Waals surface area contributed by atoms with Gasteiger partial charge in [-0.2, -0.15) is 0 Å². The first-order valence-electron chi connectivity index (χ1n) is 7.39. The molecule has 0 radical (unpaired) electrons. The van der Waals surface area contributed by atoms with Crippen molar-refractivity contribution in [2.45, 2.75) is 45.4 Å². The zero-order valence-corrected chi connectivity index (χ0v) is 13.9. The molecule has 1 amide bonds. The van der Waals surface area contributed by atoms with Crippen LogP contribution < -0.4 is 5.32 Å². The number of hydrogen-bond acceptors (Lipinski definition) is 6. The van der Waals surface area contributed by atoms with Gasteiger partial charge in [-0.05, 0) is 26.3 Å². The molecule has 1 unspecified atom stereocenters. The molecule has 0 aliphatic rings. The van der Waals surface area contributed by atoms with Gasteiger partial charge in [0.2, 0.25) is 0 Å².